The third-order valence-corrected chi connectivity index (χ3v) is 2.05. The van der Waals surface area contributed by atoms with E-state index in [1.54, 1.807) is 0 Å². The van der Waals surface area contributed by atoms with Gasteiger partial charge in [0, 0.05) is 0 Å². The highest BCUT2D eigenvalue weighted by Gasteiger charge is 2.02. The van der Waals surface area contributed by atoms with Gasteiger partial charge in [0.25, 0.3) is 0 Å². The molecule has 0 aliphatic heterocycles. The smallest absolute Gasteiger partial charge is 0.212 e. The molecule has 8 heavy (non-hydrogen) atoms. The lowest BCUT2D eigenvalue weighted by Crippen LogP contribution is -1.99. The van der Waals surface area contributed by atoms with Crippen LogP contribution in [0.3, 0.4) is 0 Å². The molecule has 0 aliphatic rings. The van der Waals surface area contributed by atoms with Crippen molar-refractivity contribution in [1.29, 1.82) is 0 Å². The molecule has 0 aromatic rings. The number of rotatable bonds is 3. The zero-order valence-electron chi connectivity index (χ0n) is 3.76. The van der Waals surface area contributed by atoms with Crippen molar-refractivity contribution in [3.8, 4) is 0 Å². The molecule has 0 unspecified atom stereocenters. The highest BCUT2D eigenvalue weighted by atomic mass is 33.1. The third-order valence-electron chi connectivity index (χ3n) is 0.228. The number of aliphatic hydroxyl groups excluding tert-OH is 2. The molecule has 0 fully saturated rings. The average molecular weight is 158 g/mol. The number of aliphatic hydroxyl groups is 4. The molecule has 0 aromatic carbocycles. The largest absolute Gasteiger partial charge is 0.359 e. The molecule has 0 heterocycles. The lowest BCUT2D eigenvalue weighted by Gasteiger charge is -2.01. The summed E-state index contributed by atoms with van der Waals surface area (Å²) in [6.07, 6.45) is 0. The van der Waals surface area contributed by atoms with Crippen molar-refractivity contribution >= 4 is 21.6 Å². The maximum absolute atomic E-state index is 8.08. The fourth-order valence-electron chi connectivity index (χ4n) is 0.0994. The zero-order valence-corrected chi connectivity index (χ0v) is 5.39. The van der Waals surface area contributed by atoms with Crippen LogP contribution < -0.4 is 0 Å². The first-order chi connectivity index (χ1) is 3.63. The maximum atomic E-state index is 8.08. The Hall–Kier alpha value is 0.540. The summed E-state index contributed by atoms with van der Waals surface area (Å²) in [5.74, 6) is 0. The first-order valence-electron chi connectivity index (χ1n) is 1.67. The molecule has 0 amide bonds. The van der Waals surface area contributed by atoms with E-state index >= 15 is 0 Å². The first kappa shape index (κ1) is 8.54. The molecule has 50 valence electrons. The van der Waals surface area contributed by atoms with Gasteiger partial charge in [0.1, 0.15) is 0 Å². The van der Waals surface area contributed by atoms with Gasteiger partial charge in [-0.15, -0.1) is 0 Å². The number of hydrogen-bond acceptors (Lipinski definition) is 6. The summed E-state index contributed by atoms with van der Waals surface area (Å²) < 4.78 is 0. The van der Waals surface area contributed by atoms with Crippen molar-refractivity contribution in [2.24, 2.45) is 0 Å². The summed E-state index contributed by atoms with van der Waals surface area (Å²) in [5.41, 5.74) is -3.11. The van der Waals surface area contributed by atoms with Gasteiger partial charge >= 0.3 is 0 Å². The standard InChI is InChI=1S/C2H6O4S2/c3-1(4)7-8-2(5)6/h1-6H. The molecule has 0 spiro atoms. The van der Waals surface area contributed by atoms with Gasteiger partial charge in [-0.05, 0) is 21.6 Å². The van der Waals surface area contributed by atoms with Gasteiger partial charge in [-0.2, -0.15) is 0 Å². The predicted octanol–water partition coefficient (Wildman–Crippen LogP) is -1.10. The van der Waals surface area contributed by atoms with Gasteiger partial charge in [-0.25, -0.2) is 0 Å². The van der Waals surface area contributed by atoms with Gasteiger partial charge in [0.15, 0.2) is 0 Å². The Morgan fingerprint density at radius 3 is 1.12 bits per heavy atom. The lowest BCUT2D eigenvalue weighted by molar-refractivity contribution is 0.0371. The Labute approximate surface area is 53.9 Å². The topological polar surface area (TPSA) is 80.9 Å². The van der Waals surface area contributed by atoms with Crippen LogP contribution in [0.15, 0.2) is 0 Å². The van der Waals surface area contributed by atoms with E-state index in [0.717, 1.165) is 0 Å². The number of hydrogen-bond donors (Lipinski definition) is 4. The van der Waals surface area contributed by atoms with Crippen LogP contribution in [0.2, 0.25) is 0 Å². The van der Waals surface area contributed by atoms with Crippen LogP contribution in [-0.4, -0.2) is 31.7 Å². The van der Waals surface area contributed by atoms with Crippen molar-refractivity contribution in [2.45, 2.75) is 11.2 Å². The molecular formula is C2H6O4S2. The van der Waals surface area contributed by atoms with Crippen LogP contribution in [-0.2, 0) is 0 Å². The van der Waals surface area contributed by atoms with E-state index in [9.17, 15) is 0 Å². The monoisotopic (exact) mass is 158 g/mol. The molecule has 0 aliphatic carbocycles. The van der Waals surface area contributed by atoms with Crippen LogP contribution in [0, 0.1) is 0 Å². The van der Waals surface area contributed by atoms with Gasteiger partial charge in [-0.1, -0.05) is 0 Å². The Bertz CT molecular complexity index is 48.0. The van der Waals surface area contributed by atoms with Crippen LogP contribution in [0.1, 0.15) is 0 Å². The molecular weight excluding hydrogens is 152 g/mol. The Balaban J connectivity index is 2.93. The molecule has 6 heteroatoms. The molecule has 0 atom stereocenters. The average Bonchev–Trinajstić information content (AvgIpc) is 1.61. The Kier molecular flexibility index (Phi) is 4.72. The first-order valence-corrected chi connectivity index (χ1v) is 3.95. The molecule has 0 saturated carbocycles. The zero-order chi connectivity index (χ0) is 6.57. The highest BCUT2D eigenvalue weighted by Crippen LogP contribution is 2.25. The van der Waals surface area contributed by atoms with E-state index in [4.69, 9.17) is 20.4 Å². The summed E-state index contributed by atoms with van der Waals surface area (Å²) in [7, 11) is 1.13. The van der Waals surface area contributed by atoms with Crippen molar-refractivity contribution in [1.82, 2.24) is 0 Å². The summed E-state index contributed by atoms with van der Waals surface area (Å²) in [6, 6.07) is 0. The van der Waals surface area contributed by atoms with E-state index in [2.05, 4.69) is 0 Å². The summed E-state index contributed by atoms with van der Waals surface area (Å²) >= 11 is 0. The highest BCUT2D eigenvalue weighted by molar-refractivity contribution is 8.76. The molecule has 4 nitrogen and oxygen atoms in total. The summed E-state index contributed by atoms with van der Waals surface area (Å²) in [4.78, 5) is 0. The lowest BCUT2D eigenvalue weighted by atomic mass is 11.5. The van der Waals surface area contributed by atoms with Crippen LogP contribution in [0.25, 0.3) is 0 Å². The SMILES string of the molecule is OC(O)SSC(O)O. The van der Waals surface area contributed by atoms with Crippen molar-refractivity contribution in [3.63, 3.8) is 0 Å². The molecule has 0 aromatic heterocycles. The molecule has 0 radical (unpaired) electrons. The molecule has 0 bridgehead atoms. The predicted molar refractivity (Wildman–Crippen MR) is 31.6 cm³/mol. The van der Waals surface area contributed by atoms with Gasteiger partial charge in [0.2, 0.25) is 11.2 Å². The second-order valence-electron chi connectivity index (χ2n) is 0.845. The minimum Gasteiger partial charge on any atom is -0.359 e. The van der Waals surface area contributed by atoms with E-state index < -0.39 is 11.2 Å². The molecule has 4 N–H and O–H groups in total. The van der Waals surface area contributed by atoms with E-state index in [1.165, 1.54) is 0 Å². The summed E-state index contributed by atoms with van der Waals surface area (Å²) in [5, 5.41) is 32.3. The van der Waals surface area contributed by atoms with E-state index in [1.807, 2.05) is 0 Å². The third kappa shape index (κ3) is 6.54. The van der Waals surface area contributed by atoms with Crippen molar-refractivity contribution in [3.05, 3.63) is 0 Å². The fraction of sp³-hybridized carbons (Fsp3) is 1.00. The van der Waals surface area contributed by atoms with Gasteiger partial charge in [-0.3, -0.25) is 0 Å². The quantitative estimate of drug-likeness (QED) is 0.308. The van der Waals surface area contributed by atoms with Crippen molar-refractivity contribution in [2.75, 3.05) is 0 Å². The second kappa shape index (κ2) is 4.42. The van der Waals surface area contributed by atoms with Crippen LogP contribution in [0.4, 0.5) is 0 Å². The van der Waals surface area contributed by atoms with Gasteiger partial charge in [0.05, 0.1) is 0 Å². The minimum atomic E-state index is -1.55. The van der Waals surface area contributed by atoms with E-state index in [-0.39, 0.29) is 0 Å². The maximum Gasteiger partial charge on any atom is 0.212 e. The van der Waals surface area contributed by atoms with Crippen LogP contribution >= 0.6 is 21.6 Å². The van der Waals surface area contributed by atoms with Gasteiger partial charge < -0.3 is 20.4 Å². The fourth-order valence-corrected chi connectivity index (χ4v) is 0.894. The molecule has 0 saturated heterocycles. The molecule has 0 rings (SSSR count). The normalized spacial score (nSPS) is 11.2. The Morgan fingerprint density at radius 2 is 1.00 bits per heavy atom. The van der Waals surface area contributed by atoms with Crippen molar-refractivity contribution < 1.29 is 20.4 Å². The van der Waals surface area contributed by atoms with E-state index in [0.29, 0.717) is 21.6 Å². The van der Waals surface area contributed by atoms with Crippen LogP contribution in [0.5, 0.6) is 0 Å². The summed E-state index contributed by atoms with van der Waals surface area (Å²) in [6.45, 7) is 0. The second-order valence-corrected chi connectivity index (χ2v) is 3.23. The Morgan fingerprint density at radius 1 is 0.750 bits per heavy atom. The minimum absolute atomic E-state index is 0.567.